The summed E-state index contributed by atoms with van der Waals surface area (Å²) in [5.41, 5.74) is 0.684. The van der Waals surface area contributed by atoms with E-state index in [1.165, 1.54) is 3.58 Å². The molecule has 0 spiro atoms. The molecular formula is C15H25NO2Sn. The van der Waals surface area contributed by atoms with E-state index in [0.29, 0.717) is 6.54 Å². The molecule has 4 heteroatoms. The monoisotopic (exact) mass is 371 g/mol. The summed E-state index contributed by atoms with van der Waals surface area (Å²) in [6.45, 7) is 6.11. The number of benzene rings is 1. The molecule has 0 bridgehead atoms. The molecule has 1 rings (SSSR count). The van der Waals surface area contributed by atoms with Gasteiger partial charge in [0.2, 0.25) is 0 Å². The third-order valence-corrected chi connectivity index (χ3v) is 8.46. The van der Waals surface area contributed by atoms with Gasteiger partial charge in [-0.25, -0.2) is 0 Å². The Morgan fingerprint density at radius 2 is 1.89 bits per heavy atom. The summed E-state index contributed by atoms with van der Waals surface area (Å²) >= 11 is -2.03. The summed E-state index contributed by atoms with van der Waals surface area (Å²) in [7, 11) is 0. The van der Waals surface area contributed by atoms with Crippen LogP contribution in [0.3, 0.4) is 0 Å². The molecule has 19 heavy (non-hydrogen) atoms. The van der Waals surface area contributed by atoms with E-state index in [0.717, 1.165) is 5.56 Å². The first-order chi connectivity index (χ1) is 8.58. The number of nitrogens with one attached hydrogen (secondary N) is 1. The van der Waals surface area contributed by atoms with Crippen molar-refractivity contribution >= 4 is 28.0 Å². The van der Waals surface area contributed by atoms with Gasteiger partial charge in [0.1, 0.15) is 0 Å². The Kier molecular flexibility index (Phi) is 5.30. The topological polar surface area (TPSA) is 38.3 Å². The van der Waals surface area contributed by atoms with Crippen LogP contribution in [0.1, 0.15) is 26.3 Å². The zero-order chi connectivity index (χ0) is 14.7. The Morgan fingerprint density at radius 1 is 1.26 bits per heavy atom. The maximum absolute atomic E-state index is 11.6. The van der Waals surface area contributed by atoms with Crippen molar-refractivity contribution in [2.45, 2.75) is 47.7 Å². The second-order valence-electron chi connectivity index (χ2n) is 6.81. The molecule has 1 amide bonds. The number of alkyl carbamates (subject to hydrolysis) is 1. The number of hydrogen-bond donors (Lipinski definition) is 1. The van der Waals surface area contributed by atoms with E-state index >= 15 is 0 Å². The molecule has 0 heterocycles. The molecule has 0 aliphatic heterocycles. The van der Waals surface area contributed by atoms with Gasteiger partial charge in [-0.1, -0.05) is 0 Å². The second kappa shape index (κ2) is 6.16. The van der Waals surface area contributed by atoms with Gasteiger partial charge in [0.05, 0.1) is 0 Å². The summed E-state index contributed by atoms with van der Waals surface area (Å²) in [4.78, 5) is 18.7. The Morgan fingerprint density at radius 3 is 2.42 bits per heavy atom. The summed E-state index contributed by atoms with van der Waals surface area (Å²) in [5.74, 6) is 0. The molecule has 3 nitrogen and oxygen atoms in total. The first-order valence-electron chi connectivity index (χ1n) is 6.64. The number of hydrogen-bond acceptors (Lipinski definition) is 2. The van der Waals surface area contributed by atoms with Crippen LogP contribution in [0.15, 0.2) is 24.3 Å². The van der Waals surface area contributed by atoms with Crippen LogP contribution < -0.4 is 8.90 Å². The van der Waals surface area contributed by atoms with Gasteiger partial charge in [-0.15, -0.1) is 0 Å². The number of amides is 1. The van der Waals surface area contributed by atoms with E-state index in [9.17, 15) is 4.79 Å². The molecule has 0 aliphatic rings. The molecule has 1 N–H and O–H groups in total. The van der Waals surface area contributed by atoms with Gasteiger partial charge in [0.15, 0.2) is 0 Å². The minimum atomic E-state index is -2.03. The summed E-state index contributed by atoms with van der Waals surface area (Å²) in [6, 6.07) is 8.53. The van der Waals surface area contributed by atoms with Crippen LogP contribution in [-0.4, -0.2) is 30.1 Å². The van der Waals surface area contributed by atoms with Gasteiger partial charge < -0.3 is 0 Å². The van der Waals surface area contributed by atoms with Crippen LogP contribution in [0.5, 0.6) is 0 Å². The fourth-order valence-corrected chi connectivity index (χ4v) is 5.10. The van der Waals surface area contributed by atoms with Crippen LogP contribution >= 0.6 is 0 Å². The van der Waals surface area contributed by atoms with Crippen molar-refractivity contribution in [2.24, 2.45) is 0 Å². The van der Waals surface area contributed by atoms with E-state index in [4.69, 9.17) is 4.74 Å². The Labute approximate surface area is 120 Å². The van der Waals surface area contributed by atoms with E-state index in [1.54, 1.807) is 0 Å². The van der Waals surface area contributed by atoms with Gasteiger partial charge in [-0.3, -0.25) is 0 Å². The van der Waals surface area contributed by atoms with Crippen LogP contribution in [0.4, 0.5) is 4.79 Å². The minimum absolute atomic E-state index is 0.364. The summed E-state index contributed by atoms with van der Waals surface area (Å²) in [5, 5.41) is 2.80. The van der Waals surface area contributed by atoms with Crippen molar-refractivity contribution in [1.82, 2.24) is 5.32 Å². The predicted octanol–water partition coefficient (Wildman–Crippen LogP) is 3.26. The molecule has 106 valence electrons. The van der Waals surface area contributed by atoms with Crippen LogP contribution in [0.25, 0.3) is 0 Å². The number of carbonyl (C=O) groups excluding carboxylic acids is 1. The van der Waals surface area contributed by atoms with E-state index in [-0.39, 0.29) is 6.09 Å². The molecule has 0 saturated carbocycles. The first kappa shape index (κ1) is 16.3. The standard InChI is InChI=1S/C12H16NO2.3CH3.Sn/c1-12(2,3)15-11(14)13-9-10-7-5-4-6-8-10;;;;/h4-5,7-8H,9H2,1-3H3,(H,13,14);3*1H3;. The first-order valence-corrected chi connectivity index (χ1v) is 16.6. The Hall–Kier alpha value is -0.711. The van der Waals surface area contributed by atoms with Crippen molar-refractivity contribution < 1.29 is 9.53 Å². The predicted molar refractivity (Wildman–Crippen MR) is 82.5 cm³/mol. The zero-order valence-electron chi connectivity index (χ0n) is 12.8. The van der Waals surface area contributed by atoms with Gasteiger partial charge in [0.25, 0.3) is 0 Å². The molecule has 0 fully saturated rings. The second-order valence-corrected chi connectivity index (χ2v) is 21.3. The number of ether oxygens (including phenoxy) is 1. The number of rotatable bonds is 3. The molecule has 0 saturated heterocycles. The Balaban J connectivity index is 2.62. The molecule has 1 aromatic rings. The molecule has 0 unspecified atom stereocenters. The fourth-order valence-electron chi connectivity index (χ4n) is 1.64. The van der Waals surface area contributed by atoms with Gasteiger partial charge in [-0.05, 0) is 0 Å². The maximum atomic E-state index is 11.6. The van der Waals surface area contributed by atoms with E-state index in [2.05, 4.69) is 38.3 Å². The Bertz CT molecular complexity index is 444. The third kappa shape index (κ3) is 6.32. The SMILES string of the molecule is CC(C)(C)OC(=O)NCc1ccc[c]([Sn]([CH3])([CH3])[CH3])c1. The van der Waals surface area contributed by atoms with Gasteiger partial charge >= 0.3 is 120 Å². The zero-order valence-corrected chi connectivity index (χ0v) is 15.7. The molecule has 0 aromatic heterocycles. The van der Waals surface area contributed by atoms with Crippen LogP contribution in [0.2, 0.25) is 14.8 Å². The van der Waals surface area contributed by atoms with Crippen molar-refractivity contribution in [1.29, 1.82) is 0 Å². The van der Waals surface area contributed by atoms with Crippen LogP contribution in [0, 0.1) is 0 Å². The summed E-state index contributed by atoms with van der Waals surface area (Å²) in [6.07, 6.45) is -0.364. The average Bonchev–Trinajstić information content (AvgIpc) is 2.23. The summed E-state index contributed by atoms with van der Waals surface area (Å²) < 4.78 is 6.69. The van der Waals surface area contributed by atoms with E-state index in [1.807, 2.05) is 26.8 Å². The quantitative estimate of drug-likeness (QED) is 0.830. The van der Waals surface area contributed by atoms with Crippen molar-refractivity contribution in [3.05, 3.63) is 29.8 Å². The normalized spacial score (nSPS) is 12.1. The average molecular weight is 370 g/mol. The third-order valence-electron chi connectivity index (χ3n) is 2.63. The van der Waals surface area contributed by atoms with Crippen molar-refractivity contribution in [3.8, 4) is 0 Å². The van der Waals surface area contributed by atoms with Crippen LogP contribution in [-0.2, 0) is 11.3 Å². The molecule has 0 atom stereocenters. The molecular weight excluding hydrogens is 345 g/mol. The number of carbonyl (C=O) groups is 1. The molecule has 0 radical (unpaired) electrons. The van der Waals surface area contributed by atoms with Gasteiger partial charge in [-0.2, -0.15) is 0 Å². The van der Waals surface area contributed by atoms with Crippen molar-refractivity contribution in [3.63, 3.8) is 0 Å². The fraction of sp³-hybridized carbons (Fsp3) is 0.533. The van der Waals surface area contributed by atoms with E-state index < -0.39 is 24.0 Å². The molecule has 1 aromatic carbocycles. The molecule has 0 aliphatic carbocycles. The van der Waals surface area contributed by atoms with Gasteiger partial charge in [0, 0.05) is 0 Å². The van der Waals surface area contributed by atoms with Crippen molar-refractivity contribution in [2.75, 3.05) is 0 Å².